The molecule has 3 N–H and O–H groups in total. The number of benzene rings is 1. The van der Waals surface area contributed by atoms with E-state index in [4.69, 9.17) is 11.1 Å². The first kappa shape index (κ1) is 10.4. The van der Waals surface area contributed by atoms with Crippen molar-refractivity contribution in [3.63, 3.8) is 0 Å². The van der Waals surface area contributed by atoms with Crippen molar-refractivity contribution < 1.29 is 0 Å². The van der Waals surface area contributed by atoms with Crippen molar-refractivity contribution in [2.75, 3.05) is 5.75 Å². The Labute approximate surface area is 96.2 Å². The van der Waals surface area contributed by atoms with Gasteiger partial charge >= 0.3 is 0 Å². The maximum atomic E-state index is 7.09. The first-order chi connectivity index (χ1) is 7.25. The summed E-state index contributed by atoms with van der Waals surface area (Å²) < 4.78 is 1.22. The van der Waals surface area contributed by atoms with Crippen molar-refractivity contribution in [3.05, 3.63) is 29.3 Å². The highest BCUT2D eigenvalue weighted by molar-refractivity contribution is 8.13. The Bertz CT molecular complexity index is 445. The number of fused-ring (bicyclic) bond motifs is 1. The Hall–Kier alpha value is -1.07. The van der Waals surface area contributed by atoms with Crippen LogP contribution in [0.25, 0.3) is 10.2 Å². The minimum absolute atomic E-state index is 0.177. The number of nitrogens with one attached hydrogen (secondary N) is 1. The summed E-state index contributed by atoms with van der Waals surface area (Å²) in [7, 11) is 0. The summed E-state index contributed by atoms with van der Waals surface area (Å²) in [5, 5.41) is 8.38. The Morgan fingerprint density at radius 1 is 1.47 bits per heavy atom. The van der Waals surface area contributed by atoms with Crippen molar-refractivity contribution in [3.8, 4) is 0 Å². The second kappa shape index (κ2) is 4.63. The molecule has 78 valence electrons. The largest absolute Gasteiger partial charge is 0.379 e. The molecule has 0 aliphatic carbocycles. The average Bonchev–Trinajstić information content (AvgIpc) is 2.59. The van der Waals surface area contributed by atoms with E-state index in [1.807, 2.05) is 18.2 Å². The van der Waals surface area contributed by atoms with Gasteiger partial charge in [0.25, 0.3) is 0 Å². The number of thioether (sulfide) groups is 1. The van der Waals surface area contributed by atoms with Crippen molar-refractivity contribution in [1.82, 2.24) is 4.98 Å². The first-order valence-electron chi connectivity index (χ1n) is 4.57. The van der Waals surface area contributed by atoms with E-state index in [2.05, 4.69) is 11.1 Å². The van der Waals surface area contributed by atoms with Gasteiger partial charge in [-0.2, -0.15) is 0 Å². The van der Waals surface area contributed by atoms with E-state index in [1.54, 1.807) is 11.3 Å². The zero-order valence-electron chi connectivity index (χ0n) is 8.06. The Morgan fingerprint density at radius 2 is 2.27 bits per heavy atom. The van der Waals surface area contributed by atoms with Crippen LogP contribution in [-0.4, -0.2) is 15.9 Å². The fourth-order valence-corrected chi connectivity index (χ4v) is 2.89. The van der Waals surface area contributed by atoms with E-state index in [9.17, 15) is 0 Å². The van der Waals surface area contributed by atoms with Crippen LogP contribution in [0.2, 0.25) is 0 Å². The van der Waals surface area contributed by atoms with E-state index in [0.29, 0.717) is 0 Å². The highest BCUT2D eigenvalue weighted by Crippen LogP contribution is 2.22. The quantitative estimate of drug-likeness (QED) is 0.636. The average molecular weight is 237 g/mol. The molecule has 5 heteroatoms. The van der Waals surface area contributed by atoms with Crippen LogP contribution in [0.1, 0.15) is 5.01 Å². The van der Waals surface area contributed by atoms with Gasteiger partial charge in [0.1, 0.15) is 0 Å². The van der Waals surface area contributed by atoms with Crippen molar-refractivity contribution in [2.45, 2.75) is 6.42 Å². The predicted octanol–water partition coefficient (Wildman–Crippen LogP) is 2.47. The molecule has 3 nitrogen and oxygen atoms in total. The third-order valence-corrected chi connectivity index (χ3v) is 3.73. The Balaban J connectivity index is 2.05. The minimum atomic E-state index is 0.177. The predicted molar refractivity (Wildman–Crippen MR) is 67.7 cm³/mol. The molecule has 0 fully saturated rings. The summed E-state index contributed by atoms with van der Waals surface area (Å²) in [6.07, 6.45) is 0.879. The third-order valence-electron chi connectivity index (χ3n) is 1.91. The number of thiazole rings is 1. The molecule has 15 heavy (non-hydrogen) atoms. The van der Waals surface area contributed by atoms with Crippen molar-refractivity contribution in [1.29, 1.82) is 5.41 Å². The number of amidine groups is 1. The summed E-state index contributed by atoms with van der Waals surface area (Å²) in [5.74, 6) is 0.829. The van der Waals surface area contributed by atoms with Gasteiger partial charge in [0.2, 0.25) is 0 Å². The van der Waals surface area contributed by atoms with Crippen LogP contribution in [0.5, 0.6) is 0 Å². The number of nitrogens with two attached hydrogens (primary N) is 1. The van der Waals surface area contributed by atoms with E-state index in [0.717, 1.165) is 22.7 Å². The standard InChI is InChI=1S/C10H11N3S2/c11-10(12)14-6-5-9-13-7-3-1-2-4-8(7)15-9/h1-4H,5-6H2,(H3,11,12). The van der Waals surface area contributed by atoms with E-state index >= 15 is 0 Å². The van der Waals surface area contributed by atoms with Gasteiger partial charge in [-0.3, -0.25) is 5.41 Å². The summed E-state index contributed by atoms with van der Waals surface area (Å²) in [5.41, 5.74) is 6.32. The van der Waals surface area contributed by atoms with Crippen LogP contribution in [0.15, 0.2) is 24.3 Å². The molecule has 0 radical (unpaired) electrons. The zero-order valence-corrected chi connectivity index (χ0v) is 9.70. The fraction of sp³-hybridized carbons (Fsp3) is 0.200. The maximum Gasteiger partial charge on any atom is 0.151 e. The van der Waals surface area contributed by atoms with Crippen LogP contribution in [-0.2, 0) is 6.42 Å². The van der Waals surface area contributed by atoms with Crippen LogP contribution in [0, 0.1) is 5.41 Å². The molecule has 2 rings (SSSR count). The summed E-state index contributed by atoms with van der Waals surface area (Å²) >= 11 is 3.08. The molecule has 1 aromatic carbocycles. The maximum absolute atomic E-state index is 7.09. The smallest absolute Gasteiger partial charge is 0.151 e. The zero-order chi connectivity index (χ0) is 10.7. The number of para-hydroxylation sites is 1. The number of hydrogen-bond donors (Lipinski definition) is 2. The van der Waals surface area contributed by atoms with Crippen molar-refractivity contribution in [2.24, 2.45) is 5.73 Å². The van der Waals surface area contributed by atoms with E-state index in [1.165, 1.54) is 16.5 Å². The molecule has 1 heterocycles. The fourth-order valence-electron chi connectivity index (χ4n) is 1.28. The van der Waals surface area contributed by atoms with Gasteiger partial charge in [0.15, 0.2) is 5.17 Å². The van der Waals surface area contributed by atoms with Crippen LogP contribution >= 0.6 is 23.1 Å². The molecular weight excluding hydrogens is 226 g/mol. The summed E-state index contributed by atoms with van der Waals surface area (Å²) in [6.45, 7) is 0. The number of rotatable bonds is 3. The van der Waals surface area contributed by atoms with E-state index < -0.39 is 0 Å². The molecule has 0 atom stereocenters. The second-order valence-corrected chi connectivity index (χ2v) is 5.29. The minimum Gasteiger partial charge on any atom is -0.379 e. The second-order valence-electron chi connectivity index (χ2n) is 3.04. The molecular formula is C10H11N3S2. The molecule has 0 bridgehead atoms. The van der Waals surface area contributed by atoms with Gasteiger partial charge < -0.3 is 5.73 Å². The lowest BCUT2D eigenvalue weighted by atomic mass is 10.3. The van der Waals surface area contributed by atoms with E-state index in [-0.39, 0.29) is 5.17 Å². The molecule has 2 aromatic rings. The SMILES string of the molecule is N=C(N)SCCc1nc2ccccc2s1. The first-order valence-corrected chi connectivity index (χ1v) is 6.37. The highest BCUT2D eigenvalue weighted by Gasteiger charge is 2.02. The van der Waals surface area contributed by atoms with Gasteiger partial charge in [-0.1, -0.05) is 23.9 Å². The molecule has 1 aromatic heterocycles. The highest BCUT2D eigenvalue weighted by atomic mass is 32.2. The Kier molecular flexibility index (Phi) is 3.23. The summed E-state index contributed by atoms with van der Waals surface area (Å²) in [6, 6.07) is 8.12. The van der Waals surface area contributed by atoms with Gasteiger partial charge in [0, 0.05) is 12.2 Å². The number of nitrogens with zero attached hydrogens (tertiary/aromatic N) is 1. The third kappa shape index (κ3) is 2.70. The molecule has 0 saturated heterocycles. The van der Waals surface area contributed by atoms with Crippen LogP contribution in [0.4, 0.5) is 0 Å². The van der Waals surface area contributed by atoms with Crippen LogP contribution < -0.4 is 5.73 Å². The van der Waals surface area contributed by atoms with Gasteiger partial charge in [-0.05, 0) is 12.1 Å². The molecule has 0 aliphatic heterocycles. The molecule has 0 unspecified atom stereocenters. The molecule has 0 aliphatic rings. The number of aryl methyl sites for hydroxylation is 1. The van der Waals surface area contributed by atoms with Crippen LogP contribution in [0.3, 0.4) is 0 Å². The normalized spacial score (nSPS) is 10.7. The lowest BCUT2D eigenvalue weighted by Gasteiger charge is -1.94. The molecule has 0 amide bonds. The van der Waals surface area contributed by atoms with Gasteiger partial charge in [0.05, 0.1) is 15.2 Å². The van der Waals surface area contributed by atoms with Crippen molar-refractivity contribution >= 4 is 38.5 Å². The van der Waals surface area contributed by atoms with Gasteiger partial charge in [-0.25, -0.2) is 4.98 Å². The monoisotopic (exact) mass is 237 g/mol. The summed E-state index contributed by atoms with van der Waals surface area (Å²) in [4.78, 5) is 4.50. The topological polar surface area (TPSA) is 62.8 Å². The van der Waals surface area contributed by atoms with Gasteiger partial charge in [-0.15, -0.1) is 11.3 Å². The number of hydrogen-bond acceptors (Lipinski definition) is 4. The number of aromatic nitrogens is 1. The lowest BCUT2D eigenvalue weighted by Crippen LogP contribution is -2.05. The Morgan fingerprint density at radius 3 is 3.00 bits per heavy atom. The molecule has 0 saturated carbocycles. The molecule has 0 spiro atoms. The lowest BCUT2D eigenvalue weighted by molar-refractivity contribution is 1.13.